The molecule has 1 atom stereocenters. The van der Waals surface area contributed by atoms with Crippen LogP contribution in [0.2, 0.25) is 0 Å². The molecule has 0 saturated heterocycles. The molecule has 0 radical (unpaired) electrons. The van der Waals surface area contributed by atoms with Gasteiger partial charge in [0.15, 0.2) is 0 Å². The van der Waals surface area contributed by atoms with E-state index >= 15 is 0 Å². The molecule has 3 aromatic carbocycles. The topological polar surface area (TPSA) is 114 Å². The maximum Gasteiger partial charge on any atom is 0.264 e. The predicted molar refractivity (Wildman–Crippen MR) is 157 cm³/mol. The maximum absolute atomic E-state index is 14.0. The Bertz CT molecular complexity index is 1440. The Morgan fingerprint density at radius 1 is 0.829 bits per heavy atom. The Morgan fingerprint density at radius 2 is 1.49 bits per heavy atom. The van der Waals surface area contributed by atoms with Crippen LogP contribution < -0.4 is 23.8 Å². The summed E-state index contributed by atoms with van der Waals surface area (Å²) in [5.41, 5.74) is 0.892. The van der Waals surface area contributed by atoms with E-state index in [2.05, 4.69) is 5.32 Å². The summed E-state index contributed by atoms with van der Waals surface area (Å²) in [6, 6.07) is 18.5. The van der Waals surface area contributed by atoms with Crippen LogP contribution in [0.1, 0.15) is 26.3 Å². The van der Waals surface area contributed by atoms with Gasteiger partial charge in [0.25, 0.3) is 10.0 Å². The fourth-order valence-corrected chi connectivity index (χ4v) is 5.60. The van der Waals surface area contributed by atoms with E-state index in [1.165, 1.54) is 50.5 Å². The first-order valence-electron chi connectivity index (χ1n) is 13.0. The number of benzene rings is 3. The van der Waals surface area contributed by atoms with Gasteiger partial charge in [-0.1, -0.05) is 24.3 Å². The quantitative estimate of drug-likeness (QED) is 0.325. The zero-order valence-electron chi connectivity index (χ0n) is 24.2. The lowest BCUT2D eigenvalue weighted by atomic mass is 10.1. The fraction of sp³-hybridized carbons (Fsp3) is 0.333. The monoisotopic (exact) mass is 583 g/mol. The average molecular weight is 584 g/mol. The van der Waals surface area contributed by atoms with Gasteiger partial charge < -0.3 is 24.4 Å². The highest BCUT2D eigenvalue weighted by Crippen LogP contribution is 2.33. The molecule has 0 saturated carbocycles. The Balaban J connectivity index is 2.08. The molecule has 3 rings (SSSR count). The molecule has 41 heavy (non-hydrogen) atoms. The molecule has 0 spiro atoms. The van der Waals surface area contributed by atoms with Crippen LogP contribution in [0.4, 0.5) is 5.69 Å². The zero-order chi connectivity index (χ0) is 30.2. The van der Waals surface area contributed by atoms with Crippen molar-refractivity contribution in [3.05, 3.63) is 78.4 Å². The van der Waals surface area contributed by atoms with E-state index in [4.69, 9.17) is 14.2 Å². The van der Waals surface area contributed by atoms with Crippen molar-refractivity contribution in [3.63, 3.8) is 0 Å². The minimum Gasteiger partial charge on any atom is -0.497 e. The van der Waals surface area contributed by atoms with Crippen LogP contribution in [0, 0.1) is 0 Å². The van der Waals surface area contributed by atoms with Crippen molar-refractivity contribution in [1.29, 1.82) is 0 Å². The van der Waals surface area contributed by atoms with Gasteiger partial charge in [0.05, 0.1) is 31.9 Å². The van der Waals surface area contributed by atoms with Crippen molar-refractivity contribution >= 4 is 27.5 Å². The lowest BCUT2D eigenvalue weighted by Gasteiger charge is -2.32. The van der Waals surface area contributed by atoms with E-state index in [1.807, 2.05) is 19.9 Å². The second kappa shape index (κ2) is 13.9. The average Bonchev–Trinajstić information content (AvgIpc) is 2.97. The first-order chi connectivity index (χ1) is 19.5. The number of carbonyl (C=O) groups excluding carboxylic acids is 2. The number of carbonyl (C=O) groups is 2. The molecule has 220 valence electrons. The molecule has 0 aliphatic heterocycles. The first-order valence-corrected chi connectivity index (χ1v) is 14.5. The van der Waals surface area contributed by atoms with Gasteiger partial charge in [0.1, 0.15) is 29.8 Å². The normalized spacial score (nSPS) is 11.9. The SMILES string of the molecule is COc1ccc(S(=O)(=O)N(CC(=O)N(Cc2cccc(OC)c2)[C@@H](C)C(=O)NC(C)C)c2ccccc2OC)cc1. The minimum atomic E-state index is -4.26. The number of rotatable bonds is 13. The van der Waals surface area contributed by atoms with Crippen LogP contribution in [-0.4, -0.2) is 65.1 Å². The Morgan fingerprint density at radius 3 is 2.10 bits per heavy atom. The molecule has 0 heterocycles. The summed E-state index contributed by atoms with van der Waals surface area (Å²) >= 11 is 0. The van der Waals surface area contributed by atoms with Crippen LogP contribution in [0.15, 0.2) is 77.7 Å². The number of nitrogens with one attached hydrogen (secondary N) is 1. The summed E-state index contributed by atoms with van der Waals surface area (Å²) in [6.45, 7) is 4.72. The van der Waals surface area contributed by atoms with E-state index in [0.717, 1.165) is 4.31 Å². The van der Waals surface area contributed by atoms with Crippen LogP contribution in [0.25, 0.3) is 0 Å². The van der Waals surface area contributed by atoms with Crippen LogP contribution in [0.3, 0.4) is 0 Å². The fourth-order valence-electron chi connectivity index (χ4n) is 4.18. The second-order valence-corrected chi connectivity index (χ2v) is 11.4. The van der Waals surface area contributed by atoms with Gasteiger partial charge in [-0.3, -0.25) is 13.9 Å². The number of nitrogens with zero attached hydrogens (tertiary/aromatic N) is 2. The van der Waals surface area contributed by atoms with Gasteiger partial charge in [0.2, 0.25) is 11.8 Å². The number of hydrogen-bond donors (Lipinski definition) is 1. The van der Waals surface area contributed by atoms with E-state index in [0.29, 0.717) is 17.1 Å². The van der Waals surface area contributed by atoms with Gasteiger partial charge in [-0.2, -0.15) is 0 Å². The van der Waals surface area contributed by atoms with Gasteiger partial charge in [0, 0.05) is 12.6 Å². The molecule has 10 nitrogen and oxygen atoms in total. The molecule has 2 amide bonds. The zero-order valence-corrected chi connectivity index (χ0v) is 25.0. The largest absolute Gasteiger partial charge is 0.497 e. The van der Waals surface area contributed by atoms with E-state index in [1.54, 1.807) is 49.4 Å². The van der Waals surface area contributed by atoms with Crippen molar-refractivity contribution in [1.82, 2.24) is 10.2 Å². The highest BCUT2D eigenvalue weighted by Gasteiger charge is 2.34. The number of ether oxygens (including phenoxy) is 3. The number of hydrogen-bond acceptors (Lipinski definition) is 7. The molecule has 0 aliphatic rings. The van der Waals surface area contributed by atoms with Gasteiger partial charge in [-0.05, 0) is 74.9 Å². The number of amides is 2. The molecular weight excluding hydrogens is 546 g/mol. The number of para-hydroxylation sites is 2. The Hall–Kier alpha value is -4.25. The van der Waals surface area contributed by atoms with Crippen molar-refractivity contribution in [2.24, 2.45) is 0 Å². The van der Waals surface area contributed by atoms with Crippen LogP contribution in [-0.2, 0) is 26.2 Å². The summed E-state index contributed by atoms with van der Waals surface area (Å²) in [5, 5.41) is 2.84. The van der Waals surface area contributed by atoms with Crippen molar-refractivity contribution in [3.8, 4) is 17.2 Å². The molecule has 0 aromatic heterocycles. The molecule has 0 bridgehead atoms. The van der Waals surface area contributed by atoms with E-state index < -0.39 is 28.5 Å². The number of anilines is 1. The van der Waals surface area contributed by atoms with Crippen LogP contribution in [0.5, 0.6) is 17.2 Å². The summed E-state index contributed by atoms with van der Waals surface area (Å²) in [6.07, 6.45) is 0. The van der Waals surface area contributed by atoms with Crippen LogP contribution >= 0.6 is 0 Å². The van der Waals surface area contributed by atoms with Gasteiger partial charge >= 0.3 is 0 Å². The summed E-state index contributed by atoms with van der Waals surface area (Å²) in [7, 11) is 0.184. The molecule has 0 fully saturated rings. The lowest BCUT2D eigenvalue weighted by molar-refractivity contribution is -0.139. The number of sulfonamides is 1. The maximum atomic E-state index is 14.0. The van der Waals surface area contributed by atoms with E-state index in [9.17, 15) is 18.0 Å². The third-order valence-electron chi connectivity index (χ3n) is 6.37. The molecule has 0 aliphatic carbocycles. The predicted octanol–water partition coefficient (Wildman–Crippen LogP) is 3.85. The highest BCUT2D eigenvalue weighted by atomic mass is 32.2. The molecule has 11 heteroatoms. The summed E-state index contributed by atoms with van der Waals surface area (Å²) in [5.74, 6) is 0.396. The molecule has 0 unspecified atom stereocenters. The standard InChI is InChI=1S/C30H37N3O7S/c1-21(2)31-30(35)22(3)32(19-23-10-9-11-25(18-23)39-5)29(34)20-33(27-12-7-8-13-28(27)40-6)41(36,37)26-16-14-24(38-4)15-17-26/h7-18,21-22H,19-20H2,1-6H3,(H,31,35)/t22-/m0/s1. The number of methoxy groups -OCH3 is 3. The lowest BCUT2D eigenvalue weighted by Crippen LogP contribution is -2.52. The Kier molecular flexibility index (Phi) is 10.6. The van der Waals surface area contributed by atoms with Crippen molar-refractivity contribution in [2.75, 3.05) is 32.2 Å². The summed E-state index contributed by atoms with van der Waals surface area (Å²) in [4.78, 5) is 28.4. The minimum absolute atomic E-state index is 0.0399. The molecule has 1 N–H and O–H groups in total. The van der Waals surface area contributed by atoms with E-state index in [-0.39, 0.29) is 34.8 Å². The smallest absolute Gasteiger partial charge is 0.264 e. The van der Waals surface area contributed by atoms with Crippen molar-refractivity contribution < 1.29 is 32.2 Å². The summed E-state index contributed by atoms with van der Waals surface area (Å²) < 4.78 is 45.0. The highest BCUT2D eigenvalue weighted by molar-refractivity contribution is 7.92. The Labute approximate surface area is 241 Å². The van der Waals surface area contributed by atoms with Crippen molar-refractivity contribution in [2.45, 2.75) is 44.3 Å². The second-order valence-electron chi connectivity index (χ2n) is 9.57. The molecule has 3 aromatic rings. The van der Waals surface area contributed by atoms with Gasteiger partial charge in [-0.25, -0.2) is 8.42 Å². The third kappa shape index (κ3) is 7.69. The first kappa shape index (κ1) is 31.3. The third-order valence-corrected chi connectivity index (χ3v) is 8.14. The molecular formula is C30H37N3O7S. The van der Waals surface area contributed by atoms with Gasteiger partial charge in [-0.15, -0.1) is 0 Å².